The van der Waals surface area contributed by atoms with Crippen molar-refractivity contribution in [3.8, 4) is 0 Å². The quantitative estimate of drug-likeness (QED) is 0.848. The van der Waals surface area contributed by atoms with Crippen molar-refractivity contribution in [2.75, 3.05) is 19.6 Å². The highest BCUT2D eigenvalue weighted by molar-refractivity contribution is 5.85. The molecule has 0 spiro atoms. The van der Waals surface area contributed by atoms with Crippen LogP contribution in [0.3, 0.4) is 0 Å². The second-order valence-electron chi connectivity index (χ2n) is 5.41. The molecule has 3 unspecified atom stereocenters. The van der Waals surface area contributed by atoms with E-state index in [1.54, 1.807) is 0 Å². The molecule has 0 bridgehead atoms. The Balaban J connectivity index is 0.00000162. The SMILES string of the molecule is CC1CCC(CCC(=O)N2CCC(CN)C2)O1.Cl. The van der Waals surface area contributed by atoms with E-state index in [1.807, 2.05) is 4.90 Å². The average Bonchev–Trinajstić information content (AvgIpc) is 2.94. The number of nitrogens with zero attached hydrogens (tertiary/aromatic N) is 1. The molecule has 2 fully saturated rings. The van der Waals surface area contributed by atoms with Crippen LogP contribution in [0.1, 0.15) is 39.0 Å². The smallest absolute Gasteiger partial charge is 0.222 e. The van der Waals surface area contributed by atoms with Crippen molar-refractivity contribution in [3.63, 3.8) is 0 Å². The molecule has 1 amide bonds. The summed E-state index contributed by atoms with van der Waals surface area (Å²) in [7, 11) is 0. The summed E-state index contributed by atoms with van der Waals surface area (Å²) in [6.45, 7) is 4.56. The van der Waals surface area contributed by atoms with Crippen LogP contribution in [0.5, 0.6) is 0 Å². The van der Waals surface area contributed by atoms with Gasteiger partial charge >= 0.3 is 0 Å². The fourth-order valence-corrected chi connectivity index (χ4v) is 2.79. The maximum Gasteiger partial charge on any atom is 0.222 e. The predicted molar refractivity (Wildman–Crippen MR) is 73.8 cm³/mol. The second-order valence-corrected chi connectivity index (χ2v) is 5.41. The first-order valence-corrected chi connectivity index (χ1v) is 6.82. The van der Waals surface area contributed by atoms with Crippen molar-refractivity contribution in [3.05, 3.63) is 0 Å². The van der Waals surface area contributed by atoms with E-state index in [4.69, 9.17) is 10.5 Å². The van der Waals surface area contributed by atoms with E-state index in [9.17, 15) is 4.79 Å². The molecule has 0 aromatic carbocycles. The Morgan fingerprint density at radius 3 is 2.72 bits per heavy atom. The van der Waals surface area contributed by atoms with Crippen LogP contribution in [-0.2, 0) is 9.53 Å². The highest BCUT2D eigenvalue weighted by Crippen LogP contribution is 2.23. The van der Waals surface area contributed by atoms with Gasteiger partial charge in [-0.3, -0.25) is 4.79 Å². The van der Waals surface area contributed by atoms with E-state index < -0.39 is 0 Å². The van der Waals surface area contributed by atoms with Gasteiger partial charge in [0.25, 0.3) is 0 Å². The second kappa shape index (κ2) is 7.31. The number of ether oxygens (including phenoxy) is 1. The van der Waals surface area contributed by atoms with Crippen LogP contribution in [0.4, 0.5) is 0 Å². The van der Waals surface area contributed by atoms with E-state index in [-0.39, 0.29) is 18.3 Å². The molecule has 4 nitrogen and oxygen atoms in total. The molecule has 0 radical (unpaired) electrons. The van der Waals surface area contributed by atoms with E-state index >= 15 is 0 Å². The molecule has 5 heteroatoms. The van der Waals surface area contributed by atoms with Crippen LogP contribution in [0.15, 0.2) is 0 Å². The standard InChI is InChI=1S/C13H24N2O2.ClH/c1-10-2-3-12(17-10)4-5-13(16)15-7-6-11(8-14)9-15;/h10-12H,2-9,14H2,1H3;1H. The van der Waals surface area contributed by atoms with Gasteiger partial charge < -0.3 is 15.4 Å². The van der Waals surface area contributed by atoms with Crippen molar-refractivity contribution in [2.45, 2.75) is 51.2 Å². The van der Waals surface area contributed by atoms with Crippen LogP contribution < -0.4 is 5.73 Å². The summed E-state index contributed by atoms with van der Waals surface area (Å²) in [5, 5.41) is 0. The summed E-state index contributed by atoms with van der Waals surface area (Å²) in [6, 6.07) is 0. The van der Waals surface area contributed by atoms with Crippen molar-refractivity contribution in [1.29, 1.82) is 0 Å². The minimum atomic E-state index is 0. The molecule has 3 atom stereocenters. The highest BCUT2D eigenvalue weighted by atomic mass is 35.5. The first kappa shape index (κ1) is 15.7. The lowest BCUT2D eigenvalue weighted by Crippen LogP contribution is -2.30. The topological polar surface area (TPSA) is 55.6 Å². The summed E-state index contributed by atoms with van der Waals surface area (Å²) < 4.78 is 5.73. The van der Waals surface area contributed by atoms with Gasteiger partial charge in [0.15, 0.2) is 0 Å². The first-order valence-electron chi connectivity index (χ1n) is 6.82. The average molecular weight is 277 g/mol. The van der Waals surface area contributed by atoms with Gasteiger partial charge in [-0.1, -0.05) is 0 Å². The van der Waals surface area contributed by atoms with Gasteiger partial charge in [-0.25, -0.2) is 0 Å². The Morgan fingerprint density at radius 1 is 1.39 bits per heavy atom. The lowest BCUT2D eigenvalue weighted by atomic mass is 10.1. The van der Waals surface area contributed by atoms with Crippen LogP contribution >= 0.6 is 12.4 Å². The largest absolute Gasteiger partial charge is 0.375 e. The zero-order chi connectivity index (χ0) is 12.3. The summed E-state index contributed by atoms with van der Waals surface area (Å²) >= 11 is 0. The zero-order valence-corrected chi connectivity index (χ0v) is 12.0. The number of amides is 1. The Labute approximate surface area is 116 Å². The molecule has 0 saturated carbocycles. The number of halogens is 1. The lowest BCUT2D eigenvalue weighted by molar-refractivity contribution is -0.131. The van der Waals surface area contributed by atoms with Crippen LogP contribution in [0, 0.1) is 5.92 Å². The zero-order valence-electron chi connectivity index (χ0n) is 11.1. The first-order chi connectivity index (χ1) is 8.19. The van der Waals surface area contributed by atoms with Crippen LogP contribution in [-0.4, -0.2) is 42.6 Å². The maximum absolute atomic E-state index is 12.0. The molecule has 18 heavy (non-hydrogen) atoms. The Hall–Kier alpha value is -0.320. The van der Waals surface area contributed by atoms with Crippen molar-refractivity contribution >= 4 is 18.3 Å². The number of rotatable bonds is 4. The number of carbonyl (C=O) groups excluding carboxylic acids is 1. The molecule has 2 saturated heterocycles. The third-order valence-electron chi connectivity index (χ3n) is 3.97. The Bertz CT molecular complexity index is 276. The third kappa shape index (κ3) is 4.11. The molecule has 2 aliphatic rings. The normalized spacial score (nSPS) is 31.4. The summed E-state index contributed by atoms with van der Waals surface area (Å²) in [5.41, 5.74) is 5.63. The van der Waals surface area contributed by atoms with Gasteiger partial charge in [0.2, 0.25) is 5.91 Å². The van der Waals surface area contributed by atoms with E-state index in [1.165, 1.54) is 0 Å². The molecule has 0 aliphatic carbocycles. The molecule has 2 rings (SSSR count). The molecule has 0 aromatic heterocycles. The predicted octanol–water partition coefficient (Wildman–Crippen LogP) is 1.56. The fourth-order valence-electron chi connectivity index (χ4n) is 2.79. The minimum absolute atomic E-state index is 0. The maximum atomic E-state index is 12.0. The van der Waals surface area contributed by atoms with Gasteiger partial charge in [0.1, 0.15) is 0 Å². The van der Waals surface area contributed by atoms with Crippen molar-refractivity contribution < 1.29 is 9.53 Å². The summed E-state index contributed by atoms with van der Waals surface area (Å²) in [5.74, 6) is 0.797. The summed E-state index contributed by atoms with van der Waals surface area (Å²) in [6.07, 6.45) is 5.52. The van der Waals surface area contributed by atoms with Gasteiger partial charge in [-0.2, -0.15) is 0 Å². The van der Waals surface area contributed by atoms with Crippen LogP contribution in [0.25, 0.3) is 0 Å². The molecular weight excluding hydrogens is 252 g/mol. The van der Waals surface area contributed by atoms with E-state index in [2.05, 4.69) is 6.92 Å². The fraction of sp³-hybridized carbons (Fsp3) is 0.923. The van der Waals surface area contributed by atoms with Gasteiger partial charge in [0.05, 0.1) is 12.2 Å². The molecule has 2 N–H and O–H groups in total. The summed E-state index contributed by atoms with van der Waals surface area (Å²) in [4.78, 5) is 13.9. The molecular formula is C13H25ClN2O2. The lowest BCUT2D eigenvalue weighted by Gasteiger charge is -2.17. The van der Waals surface area contributed by atoms with Gasteiger partial charge in [0, 0.05) is 19.5 Å². The molecule has 0 aromatic rings. The van der Waals surface area contributed by atoms with Gasteiger partial charge in [-0.05, 0) is 45.1 Å². The number of likely N-dealkylation sites (tertiary alicyclic amines) is 1. The van der Waals surface area contributed by atoms with Crippen molar-refractivity contribution in [2.24, 2.45) is 11.7 Å². The monoisotopic (exact) mass is 276 g/mol. The molecule has 2 aliphatic heterocycles. The van der Waals surface area contributed by atoms with Crippen molar-refractivity contribution in [1.82, 2.24) is 4.90 Å². The highest BCUT2D eigenvalue weighted by Gasteiger charge is 2.27. The van der Waals surface area contributed by atoms with Gasteiger partial charge in [-0.15, -0.1) is 12.4 Å². The molecule has 2 heterocycles. The number of hydrogen-bond donors (Lipinski definition) is 1. The Morgan fingerprint density at radius 2 is 2.17 bits per heavy atom. The molecule has 106 valence electrons. The number of hydrogen-bond acceptors (Lipinski definition) is 3. The number of carbonyl (C=O) groups is 1. The Kier molecular flexibility index (Phi) is 6.39. The van der Waals surface area contributed by atoms with E-state index in [0.29, 0.717) is 31.1 Å². The minimum Gasteiger partial charge on any atom is -0.375 e. The van der Waals surface area contributed by atoms with E-state index in [0.717, 1.165) is 38.8 Å². The number of nitrogens with two attached hydrogens (primary N) is 1. The third-order valence-corrected chi connectivity index (χ3v) is 3.97. The van der Waals surface area contributed by atoms with Crippen LogP contribution in [0.2, 0.25) is 0 Å².